The van der Waals surface area contributed by atoms with Crippen LogP contribution in [0.1, 0.15) is 50.7 Å². The first-order valence-corrected chi connectivity index (χ1v) is 9.83. The molecule has 0 bridgehead atoms. The lowest BCUT2D eigenvalue weighted by Gasteiger charge is -2.36. The van der Waals surface area contributed by atoms with Crippen molar-refractivity contribution in [3.63, 3.8) is 0 Å². The Kier molecular flexibility index (Phi) is 5.53. The maximum atomic E-state index is 13.0. The van der Waals surface area contributed by atoms with Crippen LogP contribution in [0.15, 0.2) is 24.3 Å². The number of hydrogen-bond acceptors (Lipinski definition) is 3. The Morgan fingerprint density at radius 1 is 1.22 bits per heavy atom. The topological polar surface area (TPSA) is 69.7 Å². The van der Waals surface area contributed by atoms with Crippen LogP contribution in [0.3, 0.4) is 0 Å². The number of benzene rings is 1. The molecule has 1 saturated carbocycles. The number of carbonyl (C=O) groups is 3. The quantitative estimate of drug-likeness (QED) is 0.809. The molecule has 4 amide bonds. The van der Waals surface area contributed by atoms with E-state index in [1.165, 1.54) is 5.56 Å². The van der Waals surface area contributed by atoms with E-state index in [9.17, 15) is 14.4 Å². The molecule has 6 heteroatoms. The molecule has 2 aliphatic rings. The van der Waals surface area contributed by atoms with Gasteiger partial charge in [-0.25, -0.2) is 4.79 Å². The maximum Gasteiger partial charge on any atom is 0.325 e. The maximum absolute atomic E-state index is 13.0. The molecule has 0 radical (unpaired) electrons. The lowest BCUT2D eigenvalue weighted by Crippen LogP contribution is -2.54. The van der Waals surface area contributed by atoms with Crippen LogP contribution in [0, 0.1) is 5.92 Å². The van der Waals surface area contributed by atoms with Gasteiger partial charge in [-0.3, -0.25) is 14.5 Å². The minimum Gasteiger partial charge on any atom is -0.340 e. The number of rotatable bonds is 5. The van der Waals surface area contributed by atoms with Gasteiger partial charge >= 0.3 is 6.03 Å². The van der Waals surface area contributed by atoms with Crippen molar-refractivity contribution in [2.24, 2.45) is 5.92 Å². The van der Waals surface area contributed by atoms with Crippen molar-refractivity contribution in [2.45, 2.75) is 58.0 Å². The lowest BCUT2D eigenvalue weighted by molar-refractivity contribution is -0.140. The van der Waals surface area contributed by atoms with Crippen molar-refractivity contribution >= 4 is 17.8 Å². The van der Waals surface area contributed by atoms with Crippen LogP contribution in [-0.2, 0) is 22.6 Å². The normalized spacial score (nSPS) is 25.0. The van der Waals surface area contributed by atoms with Gasteiger partial charge in [0.05, 0.1) is 0 Å². The Morgan fingerprint density at radius 3 is 2.52 bits per heavy atom. The van der Waals surface area contributed by atoms with Crippen molar-refractivity contribution in [1.29, 1.82) is 0 Å². The van der Waals surface area contributed by atoms with Crippen molar-refractivity contribution in [2.75, 3.05) is 13.6 Å². The number of hydrogen-bond donors (Lipinski definition) is 1. The SMILES string of the molecule is CCc1ccc(CN(C)C(=O)CN2C(=O)N[C@@]3(CCCC[C@H]3C)C2=O)cc1. The van der Waals surface area contributed by atoms with Gasteiger partial charge in [0.1, 0.15) is 12.1 Å². The van der Waals surface area contributed by atoms with Crippen molar-refractivity contribution in [3.05, 3.63) is 35.4 Å². The fourth-order valence-corrected chi connectivity index (χ4v) is 4.14. The van der Waals surface area contributed by atoms with E-state index < -0.39 is 11.6 Å². The highest BCUT2D eigenvalue weighted by Gasteiger charge is 2.55. The van der Waals surface area contributed by atoms with Gasteiger partial charge in [0, 0.05) is 13.6 Å². The van der Waals surface area contributed by atoms with Crippen molar-refractivity contribution in [1.82, 2.24) is 15.1 Å². The average molecular weight is 371 g/mol. The van der Waals surface area contributed by atoms with Crippen molar-refractivity contribution in [3.8, 4) is 0 Å². The summed E-state index contributed by atoms with van der Waals surface area (Å²) in [6.07, 6.45) is 4.54. The molecule has 6 nitrogen and oxygen atoms in total. The molecule has 1 saturated heterocycles. The van der Waals surface area contributed by atoms with E-state index in [-0.39, 0.29) is 24.3 Å². The highest BCUT2D eigenvalue weighted by atomic mass is 16.2. The van der Waals surface area contributed by atoms with Crippen LogP contribution in [0.4, 0.5) is 4.79 Å². The number of aryl methyl sites for hydroxylation is 1. The molecular formula is C21H29N3O3. The third-order valence-corrected chi connectivity index (χ3v) is 6.07. The van der Waals surface area contributed by atoms with Gasteiger partial charge in [-0.05, 0) is 36.3 Å². The summed E-state index contributed by atoms with van der Waals surface area (Å²) in [6.45, 7) is 4.36. The van der Waals surface area contributed by atoms with Gasteiger partial charge in [-0.1, -0.05) is 51.0 Å². The van der Waals surface area contributed by atoms with Crippen LogP contribution in [-0.4, -0.2) is 46.8 Å². The first-order valence-electron chi connectivity index (χ1n) is 9.83. The number of amides is 4. The third-order valence-electron chi connectivity index (χ3n) is 6.07. The Hall–Kier alpha value is -2.37. The summed E-state index contributed by atoms with van der Waals surface area (Å²) in [5.74, 6) is -0.384. The molecule has 1 N–H and O–H groups in total. The Morgan fingerprint density at radius 2 is 1.89 bits per heavy atom. The molecule has 1 aliphatic carbocycles. The lowest BCUT2D eigenvalue weighted by atomic mass is 9.73. The van der Waals surface area contributed by atoms with Crippen LogP contribution in [0.5, 0.6) is 0 Å². The zero-order chi connectivity index (χ0) is 19.6. The van der Waals surface area contributed by atoms with Gasteiger partial charge in [0.25, 0.3) is 5.91 Å². The molecular weight excluding hydrogens is 342 g/mol. The number of carbonyl (C=O) groups excluding carboxylic acids is 3. The third kappa shape index (κ3) is 3.70. The van der Waals surface area contributed by atoms with Gasteiger partial charge in [-0.15, -0.1) is 0 Å². The molecule has 2 fully saturated rings. The first-order chi connectivity index (χ1) is 12.9. The van der Waals surface area contributed by atoms with Crippen LogP contribution in [0.25, 0.3) is 0 Å². The zero-order valence-electron chi connectivity index (χ0n) is 16.5. The minimum absolute atomic E-state index is 0.0950. The molecule has 27 heavy (non-hydrogen) atoms. The van der Waals surface area contributed by atoms with E-state index in [0.717, 1.165) is 36.1 Å². The smallest absolute Gasteiger partial charge is 0.325 e. The molecule has 1 aromatic rings. The molecule has 1 aliphatic heterocycles. The second-order valence-corrected chi connectivity index (χ2v) is 7.86. The molecule has 3 rings (SSSR count). The molecule has 146 valence electrons. The fourth-order valence-electron chi connectivity index (χ4n) is 4.14. The molecule has 1 spiro atoms. The second-order valence-electron chi connectivity index (χ2n) is 7.86. The van der Waals surface area contributed by atoms with E-state index in [4.69, 9.17) is 0 Å². The molecule has 1 heterocycles. The van der Waals surface area contributed by atoms with E-state index in [1.54, 1.807) is 11.9 Å². The Labute approximate surface area is 160 Å². The predicted octanol–water partition coefficient (Wildman–Crippen LogP) is 2.71. The Balaban J connectivity index is 1.64. The summed E-state index contributed by atoms with van der Waals surface area (Å²) in [6, 6.07) is 7.69. The highest BCUT2D eigenvalue weighted by molar-refractivity contribution is 6.09. The van der Waals surface area contributed by atoms with Crippen LogP contribution >= 0.6 is 0 Å². The van der Waals surface area contributed by atoms with E-state index in [1.807, 2.05) is 19.1 Å². The monoisotopic (exact) mass is 371 g/mol. The summed E-state index contributed by atoms with van der Waals surface area (Å²) in [5, 5.41) is 2.89. The summed E-state index contributed by atoms with van der Waals surface area (Å²) in [5.41, 5.74) is 1.46. The van der Waals surface area contributed by atoms with Gasteiger partial charge < -0.3 is 10.2 Å². The Bertz CT molecular complexity index is 731. The van der Waals surface area contributed by atoms with Crippen LogP contribution < -0.4 is 5.32 Å². The largest absolute Gasteiger partial charge is 0.340 e. The standard InChI is InChI=1S/C21H29N3O3/c1-4-16-8-10-17(11-9-16)13-23(3)18(25)14-24-19(26)21(22-20(24)27)12-6-5-7-15(21)2/h8-11,15H,4-7,12-14H2,1-3H3,(H,22,27)/t15-,21-/m1/s1. The zero-order valence-corrected chi connectivity index (χ0v) is 16.5. The second kappa shape index (κ2) is 7.71. The minimum atomic E-state index is -0.815. The molecule has 1 aromatic carbocycles. The van der Waals surface area contributed by atoms with Gasteiger partial charge in [-0.2, -0.15) is 0 Å². The number of nitrogens with zero attached hydrogens (tertiary/aromatic N) is 2. The fraction of sp³-hybridized carbons (Fsp3) is 0.571. The first kappa shape index (κ1) is 19.4. The van der Waals surface area contributed by atoms with Gasteiger partial charge in [0.15, 0.2) is 0 Å². The number of likely N-dealkylation sites (N-methyl/N-ethyl adjacent to an activating group) is 1. The van der Waals surface area contributed by atoms with E-state index in [2.05, 4.69) is 24.4 Å². The summed E-state index contributed by atoms with van der Waals surface area (Å²) >= 11 is 0. The molecule has 0 aromatic heterocycles. The van der Waals surface area contributed by atoms with Gasteiger partial charge in [0.2, 0.25) is 5.91 Å². The predicted molar refractivity (Wildman–Crippen MR) is 103 cm³/mol. The molecule has 0 unspecified atom stereocenters. The molecule has 2 atom stereocenters. The van der Waals surface area contributed by atoms with Crippen LogP contribution in [0.2, 0.25) is 0 Å². The summed E-state index contributed by atoms with van der Waals surface area (Å²) in [7, 11) is 1.70. The van der Waals surface area contributed by atoms with E-state index >= 15 is 0 Å². The van der Waals surface area contributed by atoms with Crippen molar-refractivity contribution < 1.29 is 14.4 Å². The van der Waals surface area contributed by atoms with E-state index in [0.29, 0.717) is 13.0 Å². The summed E-state index contributed by atoms with van der Waals surface area (Å²) < 4.78 is 0. The number of urea groups is 1. The number of nitrogens with one attached hydrogen (secondary N) is 1. The summed E-state index contributed by atoms with van der Waals surface area (Å²) in [4.78, 5) is 40.7. The number of imide groups is 1. The average Bonchev–Trinajstić information content (AvgIpc) is 2.89. The highest BCUT2D eigenvalue weighted by Crippen LogP contribution is 2.38.